The lowest BCUT2D eigenvalue weighted by atomic mass is 9.96. The Morgan fingerprint density at radius 1 is 1.24 bits per heavy atom. The third kappa shape index (κ3) is 4.51. The van der Waals surface area contributed by atoms with E-state index in [1.807, 2.05) is 0 Å². The van der Waals surface area contributed by atoms with Crippen LogP contribution in [-0.2, 0) is 6.18 Å². The minimum Gasteiger partial charge on any atom is -0.384 e. The second kappa shape index (κ2) is 7.15. The van der Waals surface area contributed by atoms with Gasteiger partial charge in [-0.1, -0.05) is 25.3 Å². The molecule has 1 aliphatic heterocycles. The minimum absolute atomic E-state index is 0.293. The molecule has 25 heavy (non-hydrogen) atoms. The van der Waals surface area contributed by atoms with E-state index in [1.165, 1.54) is 25.3 Å². The summed E-state index contributed by atoms with van der Waals surface area (Å²) in [5.74, 6) is 1.41. The highest BCUT2D eigenvalue weighted by molar-refractivity contribution is 6.20. The van der Waals surface area contributed by atoms with Gasteiger partial charge in [0.1, 0.15) is 5.84 Å². The summed E-state index contributed by atoms with van der Waals surface area (Å²) in [4.78, 5) is 4.48. The average Bonchev–Trinajstić information content (AvgIpc) is 2.54. The van der Waals surface area contributed by atoms with E-state index in [2.05, 4.69) is 15.0 Å². The van der Waals surface area contributed by atoms with Crippen LogP contribution in [0.1, 0.15) is 43.2 Å². The summed E-state index contributed by atoms with van der Waals surface area (Å²) in [6.45, 7) is 0. The normalized spacial score (nSPS) is 19.2. The molecule has 7 heteroatoms. The van der Waals surface area contributed by atoms with Crippen molar-refractivity contribution in [3.63, 3.8) is 0 Å². The van der Waals surface area contributed by atoms with Crippen molar-refractivity contribution in [1.29, 1.82) is 0 Å². The maximum Gasteiger partial charge on any atom is 0.416 e. The number of halogens is 3. The van der Waals surface area contributed by atoms with Crippen LogP contribution in [0.25, 0.3) is 0 Å². The van der Waals surface area contributed by atoms with Gasteiger partial charge in [0.25, 0.3) is 0 Å². The van der Waals surface area contributed by atoms with E-state index in [9.17, 15) is 13.2 Å². The van der Waals surface area contributed by atoms with Crippen LogP contribution in [0, 0.1) is 0 Å². The van der Waals surface area contributed by atoms with E-state index in [0.29, 0.717) is 29.1 Å². The van der Waals surface area contributed by atoms with Crippen LogP contribution >= 0.6 is 0 Å². The van der Waals surface area contributed by atoms with Gasteiger partial charge in [-0.3, -0.25) is 4.99 Å². The molecule has 0 spiro atoms. The van der Waals surface area contributed by atoms with Crippen molar-refractivity contribution < 1.29 is 13.2 Å². The molecule has 1 aromatic carbocycles. The zero-order valence-corrected chi connectivity index (χ0v) is 13.7. The van der Waals surface area contributed by atoms with Gasteiger partial charge in [-0.15, -0.1) is 0 Å². The molecular weight excluding hydrogens is 329 g/mol. The smallest absolute Gasteiger partial charge is 0.384 e. The van der Waals surface area contributed by atoms with Crippen LogP contribution < -0.4 is 15.7 Å². The predicted octanol–water partition coefficient (Wildman–Crippen LogP) is 2.77. The molecule has 1 saturated carbocycles. The standard InChI is InChI=1S/C18H19F3N4/c19-18(20,21)13-6-4-5-12(11-13)17-24-16(25-17)10-9-15(22)23-14-7-2-1-3-8-14/h4-6,9-11,14H,1-3,7-8H2,(H2,22,23)/p+1/b10-9-. The SMILES string of the molecule is NC(/C=C\C1=[N+]=C(c2cccc(C(F)(F)F)c2)N1)=NC1CCCCC1. The van der Waals surface area contributed by atoms with E-state index < -0.39 is 11.7 Å². The fraction of sp³-hybridized carbons (Fsp3) is 0.389. The molecular formula is C18H20F3N4+. The van der Waals surface area contributed by atoms with Gasteiger partial charge in [-0.25, -0.2) is 9.98 Å². The first-order valence-corrected chi connectivity index (χ1v) is 8.33. The van der Waals surface area contributed by atoms with Crippen LogP contribution in [0.15, 0.2) is 41.4 Å². The van der Waals surface area contributed by atoms with Crippen molar-refractivity contribution in [3.05, 3.63) is 47.5 Å². The maximum atomic E-state index is 12.7. The van der Waals surface area contributed by atoms with Crippen molar-refractivity contribution in [1.82, 2.24) is 9.98 Å². The van der Waals surface area contributed by atoms with E-state index >= 15 is 0 Å². The largest absolute Gasteiger partial charge is 0.416 e. The summed E-state index contributed by atoms with van der Waals surface area (Å²) in [6.07, 6.45) is 4.77. The van der Waals surface area contributed by atoms with Gasteiger partial charge in [0.15, 0.2) is 0 Å². The Labute approximate surface area is 144 Å². The molecule has 132 valence electrons. The van der Waals surface area contributed by atoms with Crippen LogP contribution in [0.5, 0.6) is 0 Å². The van der Waals surface area contributed by atoms with E-state index in [4.69, 9.17) is 5.73 Å². The number of benzene rings is 1. The first-order valence-electron chi connectivity index (χ1n) is 8.33. The fourth-order valence-corrected chi connectivity index (χ4v) is 2.93. The number of nitrogens with zero attached hydrogens (tertiary/aromatic N) is 2. The highest BCUT2D eigenvalue weighted by Crippen LogP contribution is 2.29. The van der Waals surface area contributed by atoms with Gasteiger partial charge >= 0.3 is 17.8 Å². The third-order valence-corrected chi connectivity index (χ3v) is 4.26. The fourth-order valence-electron chi connectivity index (χ4n) is 2.93. The first kappa shape index (κ1) is 17.3. The Balaban J connectivity index is 1.68. The van der Waals surface area contributed by atoms with Crippen molar-refractivity contribution in [2.45, 2.75) is 44.3 Å². The van der Waals surface area contributed by atoms with Crippen molar-refractivity contribution in [3.8, 4) is 0 Å². The topological polar surface area (TPSA) is 64.5 Å². The molecule has 1 aliphatic carbocycles. The zero-order chi connectivity index (χ0) is 17.9. The molecule has 3 rings (SSSR count). The van der Waals surface area contributed by atoms with Gasteiger partial charge in [0, 0.05) is 6.08 Å². The molecule has 0 radical (unpaired) electrons. The Bertz CT molecular complexity index is 765. The monoisotopic (exact) mass is 349 g/mol. The molecule has 0 aromatic heterocycles. The summed E-state index contributed by atoms with van der Waals surface area (Å²) in [5, 5.41) is 2.94. The first-order chi connectivity index (χ1) is 11.9. The van der Waals surface area contributed by atoms with Crippen molar-refractivity contribution in [2.24, 2.45) is 10.7 Å². The number of hydrogen-bond acceptors (Lipinski definition) is 2. The number of amidine groups is 3. The second-order valence-corrected chi connectivity index (χ2v) is 6.23. The summed E-state index contributed by atoms with van der Waals surface area (Å²) < 4.78 is 42.4. The molecule has 0 amide bonds. The summed E-state index contributed by atoms with van der Waals surface area (Å²) in [7, 11) is 0. The second-order valence-electron chi connectivity index (χ2n) is 6.23. The zero-order valence-electron chi connectivity index (χ0n) is 13.7. The highest BCUT2D eigenvalue weighted by atomic mass is 19.4. The number of hydrogen-bond donors (Lipinski definition) is 2. The molecule has 3 N–H and O–H groups in total. The molecule has 0 unspecified atom stereocenters. The van der Waals surface area contributed by atoms with Gasteiger partial charge in [-0.2, -0.15) is 13.2 Å². The lowest BCUT2D eigenvalue weighted by molar-refractivity contribution is -0.137. The lowest BCUT2D eigenvalue weighted by Crippen LogP contribution is -2.43. The molecule has 0 saturated heterocycles. The van der Waals surface area contributed by atoms with E-state index in [0.717, 1.165) is 25.0 Å². The molecule has 1 fully saturated rings. The summed E-state index contributed by atoms with van der Waals surface area (Å²) >= 11 is 0. The Hall–Kier alpha value is -2.53. The number of aliphatic imine (C=N–C) groups is 1. The molecule has 4 nitrogen and oxygen atoms in total. The van der Waals surface area contributed by atoms with Crippen LogP contribution in [0.3, 0.4) is 0 Å². The summed E-state index contributed by atoms with van der Waals surface area (Å²) in [6, 6.07) is 5.36. The van der Waals surface area contributed by atoms with E-state index in [-0.39, 0.29) is 0 Å². The Morgan fingerprint density at radius 2 is 1.96 bits per heavy atom. The van der Waals surface area contributed by atoms with Crippen molar-refractivity contribution in [2.75, 3.05) is 0 Å². The van der Waals surface area contributed by atoms with Crippen molar-refractivity contribution >= 4 is 17.5 Å². The van der Waals surface area contributed by atoms with Gasteiger partial charge in [0.05, 0.1) is 17.2 Å². The quantitative estimate of drug-likeness (QED) is 0.499. The number of nitrogens with two attached hydrogens (primary N) is 1. The van der Waals surface area contributed by atoms with Crippen LogP contribution in [-0.4, -0.2) is 23.5 Å². The molecule has 0 bridgehead atoms. The Morgan fingerprint density at radius 3 is 2.64 bits per heavy atom. The molecule has 2 aliphatic rings. The molecule has 1 heterocycles. The average molecular weight is 349 g/mol. The van der Waals surface area contributed by atoms with Crippen LogP contribution in [0.2, 0.25) is 0 Å². The van der Waals surface area contributed by atoms with Crippen LogP contribution in [0.4, 0.5) is 13.2 Å². The Kier molecular flexibility index (Phi) is 4.95. The molecule has 1 aromatic rings. The van der Waals surface area contributed by atoms with Gasteiger partial charge < -0.3 is 5.73 Å². The number of alkyl halides is 3. The van der Waals surface area contributed by atoms with Gasteiger partial charge in [0.2, 0.25) is 0 Å². The maximum absolute atomic E-state index is 12.7. The van der Waals surface area contributed by atoms with Gasteiger partial charge in [-0.05, 0) is 37.1 Å². The summed E-state index contributed by atoms with van der Waals surface area (Å²) in [5.41, 5.74) is 5.60. The highest BCUT2D eigenvalue weighted by Gasteiger charge is 2.32. The number of rotatable bonds is 4. The lowest BCUT2D eigenvalue weighted by Gasteiger charge is -2.17. The minimum atomic E-state index is -4.36. The third-order valence-electron chi connectivity index (χ3n) is 4.26. The number of nitrogens with one attached hydrogen (secondary N) is 1. The predicted molar refractivity (Wildman–Crippen MR) is 93.5 cm³/mol. The van der Waals surface area contributed by atoms with E-state index in [1.54, 1.807) is 18.2 Å². The molecule has 0 atom stereocenters.